The summed E-state index contributed by atoms with van der Waals surface area (Å²) in [7, 11) is 0. The lowest BCUT2D eigenvalue weighted by molar-refractivity contribution is 0.0956. The van der Waals surface area contributed by atoms with Crippen molar-refractivity contribution in [1.29, 1.82) is 0 Å². The number of carbonyl (C=O) groups excluding carboxylic acids is 1. The smallest absolute Gasteiger partial charge is 0.251 e. The molecule has 6 heteroatoms. The highest BCUT2D eigenvalue weighted by molar-refractivity contribution is 7.99. The molecule has 0 spiro atoms. The van der Waals surface area contributed by atoms with Crippen LogP contribution in [0.5, 0.6) is 0 Å². The van der Waals surface area contributed by atoms with Crippen molar-refractivity contribution in [1.82, 2.24) is 10.2 Å². The molecule has 1 aliphatic heterocycles. The topological polar surface area (TPSA) is 35.6 Å². The van der Waals surface area contributed by atoms with Crippen molar-refractivity contribution in [3.05, 3.63) is 95.0 Å². The molecule has 0 aliphatic carbocycles. The Hall–Kier alpha value is -2.47. The zero-order valence-corrected chi connectivity index (χ0v) is 19.6. The van der Waals surface area contributed by atoms with Gasteiger partial charge in [0.1, 0.15) is 0 Å². The van der Waals surface area contributed by atoms with Crippen molar-refractivity contribution in [2.24, 2.45) is 0 Å². The van der Waals surface area contributed by atoms with Gasteiger partial charge in [-0.3, -0.25) is 9.69 Å². The number of benzene rings is 3. The highest BCUT2D eigenvalue weighted by Gasteiger charge is 2.17. The van der Waals surface area contributed by atoms with E-state index in [4.69, 9.17) is 11.6 Å². The Bertz CT molecular complexity index is 988. The molecule has 0 unspecified atom stereocenters. The quantitative estimate of drug-likeness (QED) is 0.367. The molecule has 4 nitrogen and oxygen atoms in total. The van der Waals surface area contributed by atoms with Gasteiger partial charge in [0, 0.05) is 66.2 Å². The number of hydrogen-bond acceptors (Lipinski definition) is 4. The molecule has 1 saturated heterocycles. The van der Waals surface area contributed by atoms with Gasteiger partial charge in [-0.15, -0.1) is 11.8 Å². The highest BCUT2D eigenvalue weighted by Crippen LogP contribution is 2.20. The van der Waals surface area contributed by atoms with Gasteiger partial charge in [-0.25, -0.2) is 0 Å². The van der Waals surface area contributed by atoms with Crippen LogP contribution in [0.1, 0.15) is 15.9 Å². The van der Waals surface area contributed by atoms with Gasteiger partial charge in [0.15, 0.2) is 0 Å². The lowest BCUT2D eigenvalue weighted by atomic mass is 10.1. The zero-order chi connectivity index (χ0) is 22.2. The van der Waals surface area contributed by atoms with Crippen LogP contribution in [0.25, 0.3) is 0 Å². The van der Waals surface area contributed by atoms with Gasteiger partial charge >= 0.3 is 0 Å². The summed E-state index contributed by atoms with van der Waals surface area (Å²) in [5, 5.41) is 3.74. The predicted octanol–water partition coefficient (Wildman–Crippen LogP) is 5.18. The number of nitrogens with one attached hydrogen (secondary N) is 1. The highest BCUT2D eigenvalue weighted by atomic mass is 35.5. The van der Waals surface area contributed by atoms with E-state index in [-0.39, 0.29) is 5.91 Å². The number of nitrogens with zero attached hydrogens (tertiary/aromatic N) is 2. The van der Waals surface area contributed by atoms with Crippen LogP contribution in [0.15, 0.2) is 83.8 Å². The van der Waals surface area contributed by atoms with Crippen LogP contribution in [0.2, 0.25) is 5.02 Å². The average Bonchev–Trinajstić information content (AvgIpc) is 2.84. The van der Waals surface area contributed by atoms with Crippen molar-refractivity contribution in [2.75, 3.05) is 43.4 Å². The van der Waals surface area contributed by atoms with Gasteiger partial charge < -0.3 is 10.2 Å². The molecule has 166 valence electrons. The number of halogens is 1. The minimum atomic E-state index is -0.0234. The van der Waals surface area contributed by atoms with Gasteiger partial charge in [-0.1, -0.05) is 41.9 Å². The number of carbonyl (C=O) groups is 1. The summed E-state index contributed by atoms with van der Waals surface area (Å²) < 4.78 is 0. The first-order valence-electron chi connectivity index (χ1n) is 11.0. The van der Waals surface area contributed by atoms with Gasteiger partial charge in [0.2, 0.25) is 0 Å². The van der Waals surface area contributed by atoms with Crippen LogP contribution in [-0.4, -0.2) is 49.3 Å². The van der Waals surface area contributed by atoms with Crippen LogP contribution in [0.3, 0.4) is 0 Å². The summed E-state index contributed by atoms with van der Waals surface area (Å²) in [5.74, 6) is 0.796. The summed E-state index contributed by atoms with van der Waals surface area (Å²) >= 11 is 7.61. The first-order chi connectivity index (χ1) is 15.7. The SMILES string of the molecule is O=C(NCCSc1ccc(Cl)cc1)c1ccc(CN2CCN(c3ccccc3)CC2)cc1. The van der Waals surface area contributed by atoms with E-state index in [2.05, 4.69) is 57.6 Å². The normalized spacial score (nSPS) is 14.3. The second kappa shape index (κ2) is 11.4. The van der Waals surface area contributed by atoms with Gasteiger partial charge in [0.05, 0.1) is 0 Å². The Morgan fingerprint density at radius 3 is 2.25 bits per heavy atom. The minimum Gasteiger partial charge on any atom is -0.369 e. The van der Waals surface area contributed by atoms with E-state index >= 15 is 0 Å². The number of hydrogen-bond donors (Lipinski definition) is 1. The van der Waals surface area contributed by atoms with Crippen molar-refractivity contribution in [3.8, 4) is 0 Å². The Balaban J connectivity index is 1.18. The molecule has 0 aromatic heterocycles. The first kappa shape index (κ1) is 22.7. The fraction of sp³-hybridized carbons (Fsp3) is 0.269. The molecule has 1 N–H and O–H groups in total. The Morgan fingerprint density at radius 2 is 1.56 bits per heavy atom. The van der Waals surface area contributed by atoms with E-state index in [1.807, 2.05) is 36.4 Å². The van der Waals surface area contributed by atoms with Crippen LogP contribution < -0.4 is 10.2 Å². The molecule has 0 atom stereocenters. The third kappa shape index (κ3) is 6.52. The number of rotatable bonds is 8. The molecule has 0 radical (unpaired) electrons. The summed E-state index contributed by atoms with van der Waals surface area (Å²) in [6, 6.07) is 26.4. The van der Waals surface area contributed by atoms with Crippen molar-refractivity contribution < 1.29 is 4.79 Å². The molecule has 3 aromatic carbocycles. The fourth-order valence-electron chi connectivity index (χ4n) is 3.79. The number of para-hydroxylation sites is 1. The van der Waals surface area contributed by atoms with E-state index in [0.717, 1.165) is 48.4 Å². The summed E-state index contributed by atoms with van der Waals surface area (Å²) in [6.45, 7) is 5.71. The van der Waals surface area contributed by atoms with Crippen LogP contribution in [0.4, 0.5) is 5.69 Å². The molecule has 1 fully saturated rings. The van der Waals surface area contributed by atoms with Gasteiger partial charge in [-0.05, 0) is 54.1 Å². The second-order valence-corrected chi connectivity index (χ2v) is 9.46. The van der Waals surface area contributed by atoms with E-state index < -0.39 is 0 Å². The van der Waals surface area contributed by atoms with Gasteiger partial charge in [0.25, 0.3) is 5.91 Å². The standard InChI is InChI=1S/C26H28ClN3OS/c27-23-10-12-25(13-11-23)32-19-14-28-26(31)22-8-6-21(7-9-22)20-29-15-17-30(18-16-29)24-4-2-1-3-5-24/h1-13H,14-20H2,(H,28,31). The molecule has 0 bridgehead atoms. The van der Waals surface area contributed by atoms with E-state index in [0.29, 0.717) is 12.1 Å². The van der Waals surface area contributed by atoms with E-state index in [1.165, 1.54) is 11.3 Å². The first-order valence-corrected chi connectivity index (χ1v) is 12.3. The van der Waals surface area contributed by atoms with Crippen LogP contribution in [0, 0.1) is 0 Å². The lowest BCUT2D eigenvalue weighted by Gasteiger charge is -2.36. The average molecular weight is 466 g/mol. The monoisotopic (exact) mass is 465 g/mol. The molecule has 1 amide bonds. The molecule has 1 aliphatic rings. The molecular formula is C26H28ClN3OS. The van der Waals surface area contributed by atoms with Crippen LogP contribution >= 0.6 is 23.4 Å². The second-order valence-electron chi connectivity index (χ2n) is 7.85. The van der Waals surface area contributed by atoms with Crippen LogP contribution in [-0.2, 0) is 6.54 Å². The molecular weight excluding hydrogens is 438 g/mol. The Morgan fingerprint density at radius 1 is 0.875 bits per heavy atom. The largest absolute Gasteiger partial charge is 0.369 e. The van der Waals surface area contributed by atoms with Crippen molar-refractivity contribution in [3.63, 3.8) is 0 Å². The van der Waals surface area contributed by atoms with Gasteiger partial charge in [-0.2, -0.15) is 0 Å². The number of anilines is 1. The third-order valence-electron chi connectivity index (χ3n) is 5.59. The van der Waals surface area contributed by atoms with Crippen molar-refractivity contribution >= 4 is 35.0 Å². The molecule has 0 saturated carbocycles. The maximum Gasteiger partial charge on any atom is 0.251 e. The minimum absolute atomic E-state index is 0.0234. The summed E-state index contributed by atoms with van der Waals surface area (Å²) in [6.07, 6.45) is 0. The number of amides is 1. The summed E-state index contributed by atoms with van der Waals surface area (Å²) in [5.41, 5.74) is 3.25. The molecule has 1 heterocycles. The fourth-order valence-corrected chi connectivity index (χ4v) is 4.68. The maximum absolute atomic E-state index is 12.4. The lowest BCUT2D eigenvalue weighted by Crippen LogP contribution is -2.45. The Labute approximate surface area is 199 Å². The van der Waals surface area contributed by atoms with Crippen molar-refractivity contribution in [2.45, 2.75) is 11.4 Å². The predicted molar refractivity (Wildman–Crippen MR) is 135 cm³/mol. The van der Waals surface area contributed by atoms with E-state index in [9.17, 15) is 4.79 Å². The third-order valence-corrected chi connectivity index (χ3v) is 6.85. The molecule has 3 aromatic rings. The zero-order valence-electron chi connectivity index (χ0n) is 18.0. The summed E-state index contributed by atoms with van der Waals surface area (Å²) in [4.78, 5) is 18.5. The maximum atomic E-state index is 12.4. The number of thioether (sulfide) groups is 1. The van der Waals surface area contributed by atoms with E-state index in [1.54, 1.807) is 11.8 Å². The Kier molecular flexibility index (Phi) is 8.10. The molecule has 4 rings (SSSR count). The molecule has 32 heavy (non-hydrogen) atoms. The number of piperazine rings is 1.